The van der Waals surface area contributed by atoms with Gasteiger partial charge in [0.15, 0.2) is 0 Å². The number of sulfonamides is 1. The fourth-order valence-electron chi connectivity index (χ4n) is 1.66. The minimum Gasteiger partial charge on any atom is -0.271 e. The summed E-state index contributed by atoms with van der Waals surface area (Å²) in [4.78, 5) is 1.11. The van der Waals surface area contributed by atoms with Crippen LogP contribution >= 0.6 is 27.3 Å². The first kappa shape index (κ1) is 14.7. The van der Waals surface area contributed by atoms with Gasteiger partial charge in [-0.1, -0.05) is 0 Å². The molecule has 8 heteroatoms. The molecule has 0 unspecified atom stereocenters. The highest BCUT2D eigenvalue weighted by atomic mass is 79.9. The molecule has 0 saturated carbocycles. The van der Waals surface area contributed by atoms with Crippen molar-refractivity contribution in [1.29, 1.82) is 0 Å². The fourth-order valence-corrected chi connectivity index (χ4v) is 5.09. The normalized spacial score (nSPS) is 11.9. The molecule has 0 bridgehead atoms. The minimum atomic E-state index is -3.44. The number of halogens is 1. The van der Waals surface area contributed by atoms with Gasteiger partial charge in [-0.2, -0.15) is 5.10 Å². The van der Waals surface area contributed by atoms with Crippen LogP contribution in [0.5, 0.6) is 0 Å². The molecule has 0 aliphatic carbocycles. The van der Waals surface area contributed by atoms with E-state index >= 15 is 0 Å². The Balaban J connectivity index is 2.00. The maximum atomic E-state index is 12.1. The Labute approximate surface area is 124 Å². The number of aromatic nitrogens is 2. The number of hydrogen-bond acceptors (Lipinski definition) is 4. The van der Waals surface area contributed by atoms with Crippen LogP contribution in [0.15, 0.2) is 27.1 Å². The molecule has 2 heterocycles. The van der Waals surface area contributed by atoms with Crippen molar-refractivity contribution < 1.29 is 8.42 Å². The summed E-state index contributed by atoms with van der Waals surface area (Å²) < 4.78 is 29.3. The molecule has 5 nitrogen and oxygen atoms in total. The lowest BCUT2D eigenvalue weighted by Gasteiger charge is -2.06. The van der Waals surface area contributed by atoms with Crippen molar-refractivity contribution in [3.63, 3.8) is 0 Å². The SMILES string of the molecule is Cc1cnn(CCNS(=O)(=O)c2cc(Br)sc2C)c1. The highest BCUT2D eigenvalue weighted by Crippen LogP contribution is 2.29. The summed E-state index contributed by atoms with van der Waals surface area (Å²) in [7, 11) is -3.44. The molecule has 0 aliphatic heterocycles. The van der Waals surface area contributed by atoms with E-state index in [2.05, 4.69) is 25.8 Å². The van der Waals surface area contributed by atoms with Gasteiger partial charge in [0.2, 0.25) is 10.0 Å². The van der Waals surface area contributed by atoms with Crippen LogP contribution in [-0.4, -0.2) is 24.7 Å². The van der Waals surface area contributed by atoms with E-state index in [-0.39, 0.29) is 0 Å². The Kier molecular flexibility index (Phi) is 4.44. The zero-order valence-corrected chi connectivity index (χ0v) is 13.8. The third-order valence-corrected chi connectivity index (χ3v) is 5.80. The maximum absolute atomic E-state index is 12.1. The van der Waals surface area contributed by atoms with Crippen LogP contribution in [0.3, 0.4) is 0 Å². The van der Waals surface area contributed by atoms with E-state index in [0.717, 1.165) is 14.2 Å². The molecule has 0 amide bonds. The molecule has 0 fully saturated rings. The highest BCUT2D eigenvalue weighted by Gasteiger charge is 2.18. The van der Waals surface area contributed by atoms with Crippen LogP contribution in [0.25, 0.3) is 0 Å². The van der Waals surface area contributed by atoms with Crippen LogP contribution in [-0.2, 0) is 16.6 Å². The molecule has 19 heavy (non-hydrogen) atoms. The predicted octanol–water partition coefficient (Wildman–Crippen LogP) is 2.30. The molecule has 0 aliphatic rings. The first-order valence-corrected chi connectivity index (χ1v) is 8.72. The standard InChI is InChI=1S/C11H14BrN3O2S2/c1-8-6-13-15(7-8)4-3-14-19(16,17)10-5-11(12)18-9(10)2/h5-7,14H,3-4H2,1-2H3. The molecule has 2 aromatic rings. The molecule has 0 spiro atoms. The summed E-state index contributed by atoms with van der Waals surface area (Å²) in [5, 5.41) is 4.11. The smallest absolute Gasteiger partial charge is 0.241 e. The summed E-state index contributed by atoms with van der Waals surface area (Å²) in [5.74, 6) is 0. The third kappa shape index (κ3) is 3.65. The molecular weight excluding hydrogens is 350 g/mol. The van der Waals surface area contributed by atoms with Crippen LogP contribution in [0.4, 0.5) is 0 Å². The van der Waals surface area contributed by atoms with Crippen molar-refractivity contribution in [2.45, 2.75) is 25.3 Å². The number of rotatable bonds is 5. The topological polar surface area (TPSA) is 64.0 Å². The van der Waals surface area contributed by atoms with E-state index in [9.17, 15) is 8.42 Å². The highest BCUT2D eigenvalue weighted by molar-refractivity contribution is 9.11. The van der Waals surface area contributed by atoms with E-state index in [4.69, 9.17) is 0 Å². The van der Waals surface area contributed by atoms with Crippen LogP contribution in [0.2, 0.25) is 0 Å². The van der Waals surface area contributed by atoms with Crippen molar-refractivity contribution >= 4 is 37.3 Å². The van der Waals surface area contributed by atoms with Crippen LogP contribution in [0.1, 0.15) is 10.4 Å². The van der Waals surface area contributed by atoms with Gasteiger partial charge in [0.05, 0.1) is 21.4 Å². The Bertz CT molecular complexity index is 676. The van der Waals surface area contributed by atoms with Gasteiger partial charge in [0.25, 0.3) is 0 Å². The Morgan fingerprint density at radius 1 is 1.47 bits per heavy atom. The second-order valence-electron chi connectivity index (χ2n) is 4.15. The Morgan fingerprint density at radius 3 is 2.74 bits per heavy atom. The second-order valence-corrected chi connectivity index (χ2v) is 8.52. The van der Waals surface area contributed by atoms with Gasteiger partial charge < -0.3 is 0 Å². The summed E-state index contributed by atoms with van der Waals surface area (Å²) in [6, 6.07) is 1.63. The average molecular weight is 364 g/mol. The lowest BCUT2D eigenvalue weighted by atomic mass is 10.4. The van der Waals surface area contributed by atoms with E-state index in [1.54, 1.807) is 23.9 Å². The fraction of sp³-hybridized carbons (Fsp3) is 0.364. The molecule has 2 rings (SSSR count). The van der Waals surface area contributed by atoms with Crippen molar-refractivity contribution in [1.82, 2.24) is 14.5 Å². The zero-order valence-electron chi connectivity index (χ0n) is 10.6. The molecule has 0 radical (unpaired) electrons. The lowest BCUT2D eigenvalue weighted by Crippen LogP contribution is -2.27. The summed E-state index contributed by atoms with van der Waals surface area (Å²) in [6.07, 6.45) is 3.62. The van der Waals surface area contributed by atoms with Gasteiger partial charge in [-0.3, -0.25) is 4.68 Å². The Morgan fingerprint density at radius 2 is 2.21 bits per heavy atom. The molecule has 2 aromatic heterocycles. The van der Waals surface area contributed by atoms with E-state index in [1.165, 1.54) is 11.3 Å². The summed E-state index contributed by atoms with van der Waals surface area (Å²) >= 11 is 4.70. The lowest BCUT2D eigenvalue weighted by molar-refractivity contribution is 0.560. The van der Waals surface area contributed by atoms with E-state index in [0.29, 0.717) is 18.0 Å². The van der Waals surface area contributed by atoms with Gasteiger partial charge in [0.1, 0.15) is 0 Å². The zero-order chi connectivity index (χ0) is 14.0. The number of nitrogens with zero attached hydrogens (tertiary/aromatic N) is 2. The molecule has 0 aromatic carbocycles. The molecule has 0 saturated heterocycles. The number of aryl methyl sites for hydroxylation is 2. The predicted molar refractivity (Wildman–Crippen MR) is 78.9 cm³/mol. The van der Waals surface area contributed by atoms with Crippen molar-refractivity contribution in [2.75, 3.05) is 6.54 Å². The van der Waals surface area contributed by atoms with Gasteiger partial charge in [0, 0.05) is 17.6 Å². The first-order valence-electron chi connectivity index (χ1n) is 5.63. The quantitative estimate of drug-likeness (QED) is 0.886. The van der Waals surface area contributed by atoms with Crippen molar-refractivity contribution in [3.05, 3.63) is 32.7 Å². The molecule has 1 N–H and O–H groups in total. The van der Waals surface area contributed by atoms with Gasteiger partial charge in [-0.05, 0) is 41.4 Å². The van der Waals surface area contributed by atoms with Crippen molar-refractivity contribution in [2.24, 2.45) is 0 Å². The third-order valence-electron chi connectivity index (χ3n) is 2.53. The maximum Gasteiger partial charge on any atom is 0.241 e. The van der Waals surface area contributed by atoms with E-state index < -0.39 is 10.0 Å². The van der Waals surface area contributed by atoms with Crippen LogP contribution in [0, 0.1) is 13.8 Å². The van der Waals surface area contributed by atoms with E-state index in [1.807, 2.05) is 13.1 Å². The second kappa shape index (κ2) is 5.74. The van der Waals surface area contributed by atoms with Gasteiger partial charge in [-0.25, -0.2) is 13.1 Å². The summed E-state index contributed by atoms with van der Waals surface area (Å²) in [6.45, 7) is 4.56. The van der Waals surface area contributed by atoms with Crippen LogP contribution < -0.4 is 4.72 Å². The minimum absolute atomic E-state index is 0.316. The Hall–Kier alpha value is -0.700. The average Bonchev–Trinajstić information content (AvgIpc) is 2.85. The first-order chi connectivity index (χ1) is 8.88. The molecular formula is C11H14BrN3O2S2. The van der Waals surface area contributed by atoms with Crippen molar-refractivity contribution in [3.8, 4) is 0 Å². The molecule has 0 atom stereocenters. The number of hydrogen-bond donors (Lipinski definition) is 1. The van der Waals surface area contributed by atoms with Gasteiger partial charge >= 0.3 is 0 Å². The summed E-state index contributed by atoms with van der Waals surface area (Å²) in [5.41, 5.74) is 1.06. The largest absolute Gasteiger partial charge is 0.271 e. The number of thiophene rings is 1. The van der Waals surface area contributed by atoms with Gasteiger partial charge in [-0.15, -0.1) is 11.3 Å². The number of nitrogens with one attached hydrogen (secondary N) is 1. The monoisotopic (exact) mass is 363 g/mol. The molecule has 104 valence electrons.